The van der Waals surface area contributed by atoms with E-state index in [1.54, 1.807) is 12.1 Å². The van der Waals surface area contributed by atoms with Crippen LogP contribution in [0.2, 0.25) is 0 Å². The Morgan fingerprint density at radius 2 is 1.78 bits per heavy atom. The van der Waals surface area contributed by atoms with Crippen LogP contribution >= 0.6 is 0 Å². The maximum Gasteiger partial charge on any atom is 0.416 e. The molecule has 1 atom stereocenters. The van der Waals surface area contributed by atoms with Gasteiger partial charge in [-0.25, -0.2) is 0 Å². The average molecular weight is 508 g/mol. The lowest BCUT2D eigenvalue weighted by Gasteiger charge is -2.15. The first-order valence-electron chi connectivity index (χ1n) is 11.3. The Kier molecular flexibility index (Phi) is 8.98. The summed E-state index contributed by atoms with van der Waals surface area (Å²) in [4.78, 5) is 11.6. The molecule has 1 heterocycles. The van der Waals surface area contributed by atoms with E-state index in [1.165, 1.54) is 26.4 Å². The highest BCUT2D eigenvalue weighted by molar-refractivity contribution is 5.70. The van der Waals surface area contributed by atoms with Gasteiger partial charge in [0.05, 0.1) is 38.4 Å². The summed E-state index contributed by atoms with van der Waals surface area (Å²) < 4.78 is 66.0. The van der Waals surface area contributed by atoms with Crippen molar-refractivity contribution in [1.29, 1.82) is 0 Å². The van der Waals surface area contributed by atoms with Gasteiger partial charge >= 0.3 is 12.1 Å². The number of halogens is 3. The van der Waals surface area contributed by atoms with Crippen molar-refractivity contribution >= 4 is 5.97 Å². The zero-order valence-corrected chi connectivity index (χ0v) is 20.5. The molecule has 3 aromatic rings. The Hall–Kier alpha value is -3.53. The molecule has 0 aliphatic rings. The molecule has 3 rings (SSSR count). The quantitative estimate of drug-likeness (QED) is 0.288. The molecule has 2 aromatic carbocycles. The molecule has 0 saturated carbocycles. The van der Waals surface area contributed by atoms with E-state index in [0.29, 0.717) is 40.7 Å². The average Bonchev–Trinajstić information content (AvgIpc) is 3.27. The first-order chi connectivity index (χ1) is 17.2. The van der Waals surface area contributed by atoms with Crippen LogP contribution in [0.1, 0.15) is 48.6 Å². The molecule has 0 radical (unpaired) electrons. The summed E-state index contributed by atoms with van der Waals surface area (Å²) in [5.74, 6) is 0.850. The van der Waals surface area contributed by atoms with Crippen molar-refractivity contribution in [2.24, 2.45) is 0 Å². The minimum atomic E-state index is -4.43. The Bertz CT molecular complexity index is 1160. The van der Waals surface area contributed by atoms with E-state index in [2.05, 4.69) is 5.16 Å². The molecule has 10 heteroatoms. The molecule has 0 saturated heterocycles. The van der Waals surface area contributed by atoms with Gasteiger partial charge in [0, 0.05) is 12.2 Å². The maximum absolute atomic E-state index is 12.9. The van der Waals surface area contributed by atoms with E-state index in [-0.39, 0.29) is 31.5 Å². The monoisotopic (exact) mass is 507 g/mol. The lowest BCUT2D eigenvalue weighted by Crippen LogP contribution is -2.07. The Morgan fingerprint density at radius 1 is 1.06 bits per heavy atom. The summed E-state index contributed by atoms with van der Waals surface area (Å²) in [5.41, 5.74) is 1.60. The van der Waals surface area contributed by atoms with E-state index in [1.807, 2.05) is 19.9 Å². The van der Waals surface area contributed by atoms with Crippen LogP contribution in [0.25, 0.3) is 11.3 Å². The van der Waals surface area contributed by atoms with Crippen molar-refractivity contribution in [3.8, 4) is 22.8 Å². The molecule has 0 aliphatic heterocycles. The van der Waals surface area contributed by atoms with Crippen LogP contribution in [0.15, 0.2) is 47.0 Å². The van der Waals surface area contributed by atoms with Crippen LogP contribution in [-0.4, -0.2) is 32.0 Å². The lowest BCUT2D eigenvalue weighted by atomic mass is 9.97. The fourth-order valence-electron chi connectivity index (χ4n) is 3.55. The van der Waals surface area contributed by atoms with Crippen molar-refractivity contribution in [1.82, 2.24) is 5.16 Å². The number of alkyl halides is 3. The standard InChI is InChI=1S/C26H28F3NO6/c1-5-34-14-20-21(30-36-25(20)17-6-9-19(10-7-17)26(27,28)29)15-35-22-11-8-18(13-23(22)32-3)16(2)12-24(31)33-4/h6-11,13,16H,5,12,14-15H2,1-4H3. The molecule has 0 bridgehead atoms. The number of ether oxygens (including phenoxy) is 4. The van der Waals surface area contributed by atoms with E-state index in [0.717, 1.165) is 17.7 Å². The Labute approximate surface area is 207 Å². The summed E-state index contributed by atoms with van der Waals surface area (Å²) in [7, 11) is 2.86. The summed E-state index contributed by atoms with van der Waals surface area (Å²) >= 11 is 0. The van der Waals surface area contributed by atoms with Crippen LogP contribution < -0.4 is 9.47 Å². The van der Waals surface area contributed by atoms with Crippen molar-refractivity contribution in [3.05, 3.63) is 64.8 Å². The number of nitrogens with zero attached hydrogens (tertiary/aromatic N) is 1. The molecule has 0 fully saturated rings. The number of esters is 1. The number of hydrogen-bond acceptors (Lipinski definition) is 7. The number of carbonyl (C=O) groups is 1. The zero-order chi connectivity index (χ0) is 26.3. The summed E-state index contributed by atoms with van der Waals surface area (Å²) in [6.07, 6.45) is -4.20. The predicted octanol–water partition coefficient (Wildman–Crippen LogP) is 6.15. The molecular weight excluding hydrogens is 479 g/mol. The molecule has 194 valence electrons. The summed E-state index contributed by atoms with van der Waals surface area (Å²) in [5, 5.41) is 4.08. The number of hydrogen-bond donors (Lipinski definition) is 0. The molecule has 0 aliphatic carbocycles. The SMILES string of the molecule is CCOCc1c(COc2ccc(C(C)CC(=O)OC)cc2OC)noc1-c1ccc(C(F)(F)F)cc1. The minimum Gasteiger partial charge on any atom is -0.493 e. The van der Waals surface area contributed by atoms with Gasteiger partial charge in [-0.1, -0.05) is 30.3 Å². The van der Waals surface area contributed by atoms with Gasteiger partial charge in [0.1, 0.15) is 12.3 Å². The Balaban J connectivity index is 1.81. The van der Waals surface area contributed by atoms with E-state index < -0.39 is 11.7 Å². The first-order valence-corrected chi connectivity index (χ1v) is 11.3. The van der Waals surface area contributed by atoms with Gasteiger partial charge in [-0.05, 0) is 42.7 Å². The normalized spacial score (nSPS) is 12.3. The van der Waals surface area contributed by atoms with Crippen LogP contribution in [-0.2, 0) is 33.7 Å². The minimum absolute atomic E-state index is 0.0139. The van der Waals surface area contributed by atoms with Gasteiger partial charge < -0.3 is 23.5 Å². The Morgan fingerprint density at radius 3 is 2.39 bits per heavy atom. The van der Waals surface area contributed by atoms with E-state index in [4.69, 9.17) is 23.5 Å². The second-order valence-corrected chi connectivity index (χ2v) is 8.03. The molecule has 7 nitrogen and oxygen atoms in total. The molecule has 1 unspecified atom stereocenters. The highest BCUT2D eigenvalue weighted by Gasteiger charge is 2.30. The smallest absolute Gasteiger partial charge is 0.416 e. The van der Waals surface area contributed by atoms with Crippen molar-refractivity contribution in [2.75, 3.05) is 20.8 Å². The van der Waals surface area contributed by atoms with Crippen molar-refractivity contribution in [2.45, 2.75) is 45.6 Å². The van der Waals surface area contributed by atoms with Gasteiger partial charge in [-0.2, -0.15) is 13.2 Å². The number of carbonyl (C=O) groups excluding carboxylic acids is 1. The molecular formula is C26H28F3NO6. The first kappa shape index (κ1) is 27.1. The van der Waals surface area contributed by atoms with Crippen molar-refractivity contribution in [3.63, 3.8) is 0 Å². The fraction of sp³-hybridized carbons (Fsp3) is 0.385. The largest absolute Gasteiger partial charge is 0.493 e. The number of benzene rings is 2. The number of methoxy groups -OCH3 is 2. The van der Waals surface area contributed by atoms with Crippen molar-refractivity contribution < 1.29 is 41.4 Å². The zero-order valence-electron chi connectivity index (χ0n) is 20.5. The summed E-state index contributed by atoms with van der Waals surface area (Å²) in [6, 6.07) is 10.0. The second-order valence-electron chi connectivity index (χ2n) is 8.03. The van der Waals surface area contributed by atoms with Gasteiger partial charge in [0.15, 0.2) is 17.3 Å². The van der Waals surface area contributed by atoms with Crippen LogP contribution in [0, 0.1) is 0 Å². The van der Waals surface area contributed by atoms with Crippen LogP contribution in [0.5, 0.6) is 11.5 Å². The molecule has 36 heavy (non-hydrogen) atoms. The highest BCUT2D eigenvalue weighted by Crippen LogP contribution is 2.35. The third-order valence-electron chi connectivity index (χ3n) is 5.62. The molecule has 1 aromatic heterocycles. The third kappa shape index (κ3) is 6.57. The second kappa shape index (κ2) is 11.9. The molecule has 0 amide bonds. The lowest BCUT2D eigenvalue weighted by molar-refractivity contribution is -0.141. The van der Waals surface area contributed by atoms with E-state index >= 15 is 0 Å². The van der Waals surface area contributed by atoms with E-state index in [9.17, 15) is 18.0 Å². The molecule has 0 N–H and O–H groups in total. The third-order valence-corrected chi connectivity index (χ3v) is 5.62. The van der Waals surface area contributed by atoms with Crippen LogP contribution in [0.3, 0.4) is 0 Å². The van der Waals surface area contributed by atoms with Gasteiger partial charge in [-0.15, -0.1) is 0 Å². The fourth-order valence-corrected chi connectivity index (χ4v) is 3.55. The van der Waals surface area contributed by atoms with Gasteiger partial charge in [0.2, 0.25) is 0 Å². The highest BCUT2D eigenvalue weighted by atomic mass is 19.4. The van der Waals surface area contributed by atoms with Gasteiger partial charge in [0.25, 0.3) is 0 Å². The van der Waals surface area contributed by atoms with Gasteiger partial charge in [-0.3, -0.25) is 4.79 Å². The number of rotatable bonds is 11. The maximum atomic E-state index is 12.9. The van der Waals surface area contributed by atoms with Crippen LogP contribution in [0.4, 0.5) is 13.2 Å². The molecule has 0 spiro atoms. The topological polar surface area (TPSA) is 80.0 Å². The summed E-state index contributed by atoms with van der Waals surface area (Å²) in [6.45, 7) is 4.33. The predicted molar refractivity (Wildman–Crippen MR) is 125 cm³/mol. The number of aromatic nitrogens is 1.